The van der Waals surface area contributed by atoms with Gasteiger partial charge in [-0.15, -0.1) is 0 Å². The molecule has 0 atom stereocenters. The monoisotopic (exact) mass is 373 g/mol. The van der Waals surface area contributed by atoms with Gasteiger partial charge in [-0.05, 0) is 40.5 Å². The second kappa shape index (κ2) is 8.04. The van der Waals surface area contributed by atoms with Gasteiger partial charge in [-0.1, -0.05) is 20.3 Å². The number of piperazine rings is 1. The Balaban J connectivity index is 1.65. The van der Waals surface area contributed by atoms with Gasteiger partial charge in [0.2, 0.25) is 5.95 Å². The van der Waals surface area contributed by atoms with E-state index in [0.29, 0.717) is 0 Å². The predicted octanol–water partition coefficient (Wildman–Crippen LogP) is 3.72. The lowest BCUT2D eigenvalue weighted by atomic mass is 9.93. The molecule has 0 unspecified atom stereocenters. The lowest BCUT2D eigenvalue weighted by Gasteiger charge is -2.44. The molecule has 1 fully saturated rings. The van der Waals surface area contributed by atoms with Crippen LogP contribution in [-0.4, -0.2) is 63.6 Å². The third kappa shape index (κ3) is 4.45. The van der Waals surface area contributed by atoms with Crippen LogP contribution in [0.1, 0.15) is 72.1 Å². The Morgan fingerprint density at radius 2 is 1.63 bits per heavy atom. The first-order valence-electron chi connectivity index (χ1n) is 10.9. The third-order valence-corrected chi connectivity index (χ3v) is 6.92. The van der Waals surface area contributed by atoms with Crippen molar-refractivity contribution in [3.05, 3.63) is 17.5 Å². The van der Waals surface area contributed by atoms with Crippen molar-refractivity contribution >= 4 is 5.95 Å². The Labute approximate surface area is 166 Å². The highest BCUT2D eigenvalue weighted by Crippen LogP contribution is 2.28. The second-order valence-corrected chi connectivity index (χ2v) is 9.52. The molecule has 5 heteroatoms. The van der Waals surface area contributed by atoms with Gasteiger partial charge in [-0.3, -0.25) is 9.80 Å². The van der Waals surface area contributed by atoms with Crippen LogP contribution in [0.5, 0.6) is 0 Å². The molecular formula is C22H39N5. The molecule has 5 nitrogen and oxygen atoms in total. The molecule has 0 radical (unpaired) electrons. The number of hydrogen-bond donors (Lipinski definition) is 0. The Bertz CT molecular complexity index is 632. The molecule has 0 N–H and O–H groups in total. The van der Waals surface area contributed by atoms with E-state index in [2.05, 4.69) is 62.4 Å². The van der Waals surface area contributed by atoms with E-state index in [1.165, 1.54) is 30.5 Å². The van der Waals surface area contributed by atoms with Gasteiger partial charge in [0.15, 0.2) is 0 Å². The Kier molecular flexibility index (Phi) is 6.11. The Morgan fingerprint density at radius 1 is 0.926 bits per heavy atom. The highest BCUT2D eigenvalue weighted by atomic mass is 15.3. The summed E-state index contributed by atoms with van der Waals surface area (Å²) in [4.78, 5) is 17.3. The number of nitrogens with zero attached hydrogens (tertiary/aromatic N) is 5. The average Bonchev–Trinajstić information content (AvgIpc) is 2.67. The summed E-state index contributed by atoms with van der Waals surface area (Å²) in [6, 6.07) is 0. The summed E-state index contributed by atoms with van der Waals surface area (Å²) in [7, 11) is 0. The van der Waals surface area contributed by atoms with E-state index < -0.39 is 0 Å². The molecule has 1 aromatic heterocycles. The van der Waals surface area contributed by atoms with Crippen LogP contribution in [0.2, 0.25) is 0 Å². The molecule has 1 aromatic rings. The van der Waals surface area contributed by atoms with Crippen LogP contribution < -0.4 is 4.90 Å². The van der Waals surface area contributed by atoms with E-state index in [9.17, 15) is 0 Å². The van der Waals surface area contributed by atoms with Crippen molar-refractivity contribution in [1.29, 1.82) is 0 Å². The fourth-order valence-corrected chi connectivity index (χ4v) is 4.48. The molecule has 2 aliphatic heterocycles. The molecule has 3 rings (SSSR count). The third-order valence-electron chi connectivity index (χ3n) is 6.92. The number of anilines is 1. The Hall–Kier alpha value is -1.20. The molecule has 152 valence electrons. The number of hydrogen-bond acceptors (Lipinski definition) is 5. The van der Waals surface area contributed by atoms with E-state index in [0.717, 1.165) is 51.6 Å². The molecule has 0 saturated carbocycles. The largest absolute Gasteiger partial charge is 0.338 e. The van der Waals surface area contributed by atoms with Gasteiger partial charge in [0.25, 0.3) is 0 Å². The van der Waals surface area contributed by atoms with Gasteiger partial charge in [0, 0.05) is 68.5 Å². The molecule has 0 spiro atoms. The lowest BCUT2D eigenvalue weighted by Crippen LogP contribution is -2.54. The normalized spacial score (nSPS) is 20.0. The molecular weight excluding hydrogens is 334 g/mol. The van der Waals surface area contributed by atoms with Gasteiger partial charge in [0.1, 0.15) is 0 Å². The minimum Gasteiger partial charge on any atom is -0.338 e. The molecule has 0 amide bonds. The SMILES string of the molecule is CCCC(C)(C)N1CCc2nc(N3CCN(C(C)(C)CC)CC3)ncc2C1. The van der Waals surface area contributed by atoms with Crippen molar-refractivity contribution in [2.24, 2.45) is 0 Å². The molecule has 2 aliphatic rings. The summed E-state index contributed by atoms with van der Waals surface area (Å²) in [6.45, 7) is 20.3. The smallest absolute Gasteiger partial charge is 0.225 e. The van der Waals surface area contributed by atoms with Gasteiger partial charge >= 0.3 is 0 Å². The van der Waals surface area contributed by atoms with Crippen LogP contribution in [0.3, 0.4) is 0 Å². The van der Waals surface area contributed by atoms with Crippen LogP contribution in [-0.2, 0) is 13.0 Å². The van der Waals surface area contributed by atoms with E-state index in [1.54, 1.807) is 0 Å². The molecule has 0 bridgehead atoms. The zero-order valence-corrected chi connectivity index (χ0v) is 18.4. The van der Waals surface area contributed by atoms with E-state index >= 15 is 0 Å². The van der Waals surface area contributed by atoms with Crippen molar-refractivity contribution in [1.82, 2.24) is 19.8 Å². The summed E-state index contributed by atoms with van der Waals surface area (Å²) in [5, 5.41) is 0. The van der Waals surface area contributed by atoms with E-state index in [-0.39, 0.29) is 11.1 Å². The molecule has 0 aromatic carbocycles. The van der Waals surface area contributed by atoms with Crippen molar-refractivity contribution in [3.8, 4) is 0 Å². The summed E-state index contributed by atoms with van der Waals surface area (Å²) in [5.74, 6) is 0.934. The van der Waals surface area contributed by atoms with E-state index in [4.69, 9.17) is 9.97 Å². The van der Waals surface area contributed by atoms with Gasteiger partial charge in [-0.2, -0.15) is 0 Å². The Morgan fingerprint density at radius 3 is 2.26 bits per heavy atom. The maximum absolute atomic E-state index is 4.98. The van der Waals surface area contributed by atoms with Crippen molar-refractivity contribution in [3.63, 3.8) is 0 Å². The van der Waals surface area contributed by atoms with Crippen molar-refractivity contribution in [2.75, 3.05) is 37.6 Å². The molecule has 0 aliphatic carbocycles. The minimum absolute atomic E-state index is 0.257. The number of rotatable bonds is 6. The maximum atomic E-state index is 4.98. The summed E-state index contributed by atoms with van der Waals surface area (Å²) < 4.78 is 0. The van der Waals surface area contributed by atoms with Crippen LogP contribution in [0.15, 0.2) is 6.20 Å². The predicted molar refractivity (Wildman–Crippen MR) is 113 cm³/mol. The number of aromatic nitrogens is 2. The van der Waals surface area contributed by atoms with Crippen LogP contribution >= 0.6 is 0 Å². The number of fused-ring (bicyclic) bond motifs is 1. The van der Waals surface area contributed by atoms with Crippen LogP contribution in [0, 0.1) is 0 Å². The van der Waals surface area contributed by atoms with Crippen LogP contribution in [0.25, 0.3) is 0 Å². The summed E-state index contributed by atoms with van der Waals surface area (Å²) >= 11 is 0. The topological polar surface area (TPSA) is 35.5 Å². The zero-order chi connectivity index (χ0) is 19.7. The minimum atomic E-state index is 0.257. The average molecular weight is 374 g/mol. The summed E-state index contributed by atoms with van der Waals surface area (Å²) in [6.07, 6.45) is 6.79. The fourth-order valence-electron chi connectivity index (χ4n) is 4.48. The highest BCUT2D eigenvalue weighted by molar-refractivity contribution is 5.35. The van der Waals surface area contributed by atoms with Gasteiger partial charge in [0.05, 0.1) is 5.69 Å². The molecule has 1 saturated heterocycles. The zero-order valence-electron chi connectivity index (χ0n) is 18.4. The lowest BCUT2D eigenvalue weighted by molar-refractivity contribution is 0.0939. The van der Waals surface area contributed by atoms with Crippen molar-refractivity contribution in [2.45, 2.75) is 84.8 Å². The fraction of sp³-hybridized carbons (Fsp3) is 0.818. The second-order valence-electron chi connectivity index (χ2n) is 9.52. The molecule has 3 heterocycles. The van der Waals surface area contributed by atoms with E-state index in [1.807, 2.05) is 0 Å². The quantitative estimate of drug-likeness (QED) is 0.759. The van der Waals surface area contributed by atoms with Crippen LogP contribution in [0.4, 0.5) is 5.95 Å². The van der Waals surface area contributed by atoms with Crippen molar-refractivity contribution < 1.29 is 0 Å². The first-order valence-corrected chi connectivity index (χ1v) is 10.9. The first kappa shape index (κ1) is 20.5. The standard InChI is InChI=1S/C22H39N5/c1-7-10-22(5,6)27-11-9-19-18(17-27)16-23-20(24-19)25-12-14-26(15-13-25)21(3,4)8-2/h16H,7-15,17H2,1-6H3. The van der Waals surface area contributed by atoms with Gasteiger partial charge < -0.3 is 4.90 Å². The molecule has 27 heavy (non-hydrogen) atoms. The van der Waals surface area contributed by atoms with Gasteiger partial charge in [-0.25, -0.2) is 9.97 Å². The first-order chi connectivity index (χ1) is 12.8. The summed E-state index contributed by atoms with van der Waals surface area (Å²) in [5.41, 5.74) is 3.13. The maximum Gasteiger partial charge on any atom is 0.225 e. The highest BCUT2D eigenvalue weighted by Gasteiger charge is 2.31.